The van der Waals surface area contributed by atoms with E-state index in [0.717, 1.165) is 16.9 Å². The minimum Gasteiger partial charge on any atom is -0.387 e. The number of hydrogen-bond donors (Lipinski definition) is 0. The fraction of sp³-hybridized carbons (Fsp3) is 0.0769. The molecule has 0 N–H and O–H groups in total. The van der Waals surface area contributed by atoms with Gasteiger partial charge in [0.25, 0.3) is 0 Å². The summed E-state index contributed by atoms with van der Waals surface area (Å²) in [6, 6.07) is 3.37. The number of rotatable bonds is 3. The molecule has 22 heavy (non-hydrogen) atoms. The van der Waals surface area contributed by atoms with Crippen LogP contribution in [0.3, 0.4) is 0 Å². The highest BCUT2D eigenvalue weighted by Gasteiger charge is 2.18. The van der Waals surface area contributed by atoms with E-state index in [1.807, 2.05) is 0 Å². The molecule has 112 valence electrons. The van der Waals surface area contributed by atoms with Crippen molar-refractivity contribution in [3.8, 4) is 6.01 Å². The van der Waals surface area contributed by atoms with Gasteiger partial charge in [-0.05, 0) is 12.1 Å². The van der Waals surface area contributed by atoms with Crippen LogP contribution in [0.2, 0.25) is 5.02 Å². The van der Waals surface area contributed by atoms with Gasteiger partial charge in [0.1, 0.15) is 5.03 Å². The number of pyridine rings is 1. The second-order valence-electron chi connectivity index (χ2n) is 4.08. The van der Waals surface area contributed by atoms with Gasteiger partial charge in [0, 0.05) is 24.1 Å². The fourth-order valence-corrected chi connectivity index (χ4v) is 2.65. The first kappa shape index (κ1) is 14.6. The molecule has 9 heteroatoms. The summed E-state index contributed by atoms with van der Waals surface area (Å²) in [7, 11) is 0. The second-order valence-corrected chi connectivity index (χ2v) is 5.46. The van der Waals surface area contributed by atoms with Gasteiger partial charge in [-0.2, -0.15) is 4.98 Å². The van der Waals surface area contributed by atoms with Crippen LogP contribution in [0.15, 0.2) is 41.7 Å². The molecule has 2 aromatic heterocycles. The van der Waals surface area contributed by atoms with Crippen LogP contribution in [0.1, 0.15) is 5.69 Å². The standard InChI is InChI=1S/C13H8ClN3O4S/c14-9-2-1-5-15-12(9)22-7-8-6-17-13(16-8)20-10(18)3-4-11(19)21-17/h1-6H,7H2/b4-3-. The number of imidazole rings is 1. The van der Waals surface area contributed by atoms with Crippen LogP contribution in [0.5, 0.6) is 6.01 Å². The molecule has 2 aromatic rings. The second kappa shape index (κ2) is 6.20. The highest BCUT2D eigenvalue weighted by Crippen LogP contribution is 2.27. The van der Waals surface area contributed by atoms with Crippen molar-refractivity contribution in [2.75, 3.05) is 0 Å². The molecule has 0 unspecified atom stereocenters. The van der Waals surface area contributed by atoms with E-state index in [2.05, 4.69) is 9.97 Å². The summed E-state index contributed by atoms with van der Waals surface area (Å²) in [4.78, 5) is 35.9. The van der Waals surface area contributed by atoms with Gasteiger partial charge in [0.15, 0.2) is 0 Å². The van der Waals surface area contributed by atoms with Crippen LogP contribution in [0.4, 0.5) is 0 Å². The summed E-state index contributed by atoms with van der Waals surface area (Å²) in [5, 5.41) is 1.19. The Morgan fingerprint density at radius 3 is 2.91 bits per heavy atom. The number of esters is 1. The van der Waals surface area contributed by atoms with Crippen molar-refractivity contribution in [3.05, 3.63) is 47.4 Å². The van der Waals surface area contributed by atoms with Crippen molar-refractivity contribution in [1.29, 1.82) is 0 Å². The molecular formula is C13H8ClN3O4S. The third kappa shape index (κ3) is 3.29. The lowest BCUT2D eigenvalue weighted by atomic mass is 10.5. The Balaban J connectivity index is 1.77. The van der Waals surface area contributed by atoms with E-state index in [1.54, 1.807) is 18.3 Å². The Kier molecular flexibility index (Phi) is 4.12. The molecule has 0 spiro atoms. The lowest BCUT2D eigenvalue weighted by Gasteiger charge is -2.06. The molecule has 1 aliphatic heterocycles. The lowest BCUT2D eigenvalue weighted by Crippen LogP contribution is -2.22. The number of halogens is 1. The number of ether oxygens (including phenoxy) is 1. The van der Waals surface area contributed by atoms with E-state index < -0.39 is 11.9 Å². The van der Waals surface area contributed by atoms with Gasteiger partial charge >= 0.3 is 17.9 Å². The molecular weight excluding hydrogens is 330 g/mol. The van der Waals surface area contributed by atoms with Gasteiger partial charge in [0.05, 0.1) is 16.9 Å². The molecule has 3 rings (SSSR count). The monoisotopic (exact) mass is 337 g/mol. The Morgan fingerprint density at radius 2 is 2.09 bits per heavy atom. The first-order chi connectivity index (χ1) is 10.6. The molecule has 0 fully saturated rings. The van der Waals surface area contributed by atoms with Gasteiger partial charge in [0.2, 0.25) is 0 Å². The molecule has 0 aliphatic carbocycles. The minimum atomic E-state index is -0.699. The van der Waals surface area contributed by atoms with E-state index in [4.69, 9.17) is 21.2 Å². The minimum absolute atomic E-state index is 0.106. The summed E-state index contributed by atoms with van der Waals surface area (Å²) >= 11 is 7.38. The smallest absolute Gasteiger partial charge is 0.356 e. The number of aromatic nitrogens is 3. The molecule has 7 nitrogen and oxygen atoms in total. The number of thioether (sulfide) groups is 1. The zero-order valence-electron chi connectivity index (χ0n) is 10.9. The SMILES string of the molecule is O=C1/C=C\C(=O)On2cc(CSc3ncccc3Cl)nc2O1. The number of nitrogens with zero attached hydrogens (tertiary/aromatic N) is 3. The lowest BCUT2D eigenvalue weighted by molar-refractivity contribution is -0.142. The molecule has 0 radical (unpaired) electrons. The van der Waals surface area contributed by atoms with Crippen LogP contribution in [-0.4, -0.2) is 26.6 Å². The molecule has 1 aliphatic rings. The van der Waals surface area contributed by atoms with E-state index in [1.165, 1.54) is 18.0 Å². The summed E-state index contributed by atoms with van der Waals surface area (Å²) in [6.07, 6.45) is 5.05. The topological polar surface area (TPSA) is 83.3 Å². The fourth-order valence-electron chi connectivity index (χ4n) is 1.60. The molecule has 3 heterocycles. The van der Waals surface area contributed by atoms with Crippen LogP contribution in [0, 0.1) is 0 Å². The average Bonchev–Trinajstić information content (AvgIpc) is 2.84. The summed E-state index contributed by atoms with van der Waals surface area (Å²) in [5.41, 5.74) is 0.546. The molecule has 0 amide bonds. The Morgan fingerprint density at radius 1 is 1.27 bits per heavy atom. The van der Waals surface area contributed by atoms with Crippen LogP contribution >= 0.6 is 23.4 Å². The van der Waals surface area contributed by atoms with Gasteiger partial charge in [-0.15, -0.1) is 4.73 Å². The summed E-state index contributed by atoms with van der Waals surface area (Å²) in [5.74, 6) is -0.975. The number of carbonyl (C=O) groups excluding carboxylic acids is 2. The van der Waals surface area contributed by atoms with E-state index in [0.29, 0.717) is 21.5 Å². The van der Waals surface area contributed by atoms with Crippen LogP contribution in [0.25, 0.3) is 0 Å². The normalized spacial score (nSPS) is 15.3. The van der Waals surface area contributed by atoms with E-state index >= 15 is 0 Å². The third-order valence-electron chi connectivity index (χ3n) is 2.51. The van der Waals surface area contributed by atoms with Gasteiger partial charge in [-0.3, -0.25) is 0 Å². The van der Waals surface area contributed by atoms with Crippen molar-refractivity contribution >= 4 is 35.3 Å². The van der Waals surface area contributed by atoms with Crippen molar-refractivity contribution in [3.63, 3.8) is 0 Å². The van der Waals surface area contributed by atoms with E-state index in [9.17, 15) is 9.59 Å². The van der Waals surface area contributed by atoms with Crippen LogP contribution < -0.4 is 9.57 Å². The maximum atomic E-state index is 11.4. The maximum Gasteiger partial charge on any atom is 0.356 e. The number of hydrogen-bond acceptors (Lipinski definition) is 7. The maximum absolute atomic E-state index is 11.4. The molecule has 0 atom stereocenters. The third-order valence-corrected chi connectivity index (χ3v) is 3.97. The van der Waals surface area contributed by atoms with Gasteiger partial charge in [-0.25, -0.2) is 14.6 Å². The number of carbonyl (C=O) groups is 2. The highest BCUT2D eigenvalue weighted by molar-refractivity contribution is 7.98. The predicted molar refractivity (Wildman–Crippen MR) is 77.4 cm³/mol. The Labute approximate surface area is 133 Å². The van der Waals surface area contributed by atoms with Crippen molar-refractivity contribution in [1.82, 2.24) is 14.7 Å². The molecule has 0 bridgehead atoms. The quantitative estimate of drug-likeness (QED) is 0.622. The largest absolute Gasteiger partial charge is 0.387 e. The zero-order valence-corrected chi connectivity index (χ0v) is 12.5. The Bertz CT molecular complexity index is 737. The van der Waals surface area contributed by atoms with Crippen LogP contribution in [-0.2, 0) is 15.3 Å². The molecule has 0 aromatic carbocycles. The summed E-state index contributed by atoms with van der Waals surface area (Å²) < 4.78 is 5.95. The average molecular weight is 338 g/mol. The van der Waals surface area contributed by atoms with Gasteiger partial charge in [-0.1, -0.05) is 23.4 Å². The zero-order chi connectivity index (χ0) is 15.5. The first-order valence-electron chi connectivity index (χ1n) is 6.05. The van der Waals surface area contributed by atoms with Crippen molar-refractivity contribution in [2.45, 2.75) is 10.8 Å². The number of fused-ring (bicyclic) bond motifs is 1. The van der Waals surface area contributed by atoms with Crippen molar-refractivity contribution < 1.29 is 19.2 Å². The summed E-state index contributed by atoms with van der Waals surface area (Å²) in [6.45, 7) is 0. The van der Waals surface area contributed by atoms with Crippen molar-refractivity contribution in [2.24, 2.45) is 0 Å². The highest BCUT2D eigenvalue weighted by atomic mass is 35.5. The first-order valence-corrected chi connectivity index (χ1v) is 7.42. The molecule has 0 saturated carbocycles. The van der Waals surface area contributed by atoms with Gasteiger partial charge < -0.3 is 9.57 Å². The van der Waals surface area contributed by atoms with E-state index in [-0.39, 0.29) is 6.01 Å². The Hall–Kier alpha value is -2.32. The predicted octanol–water partition coefficient (Wildman–Crippen LogP) is 1.65. The molecule has 0 saturated heterocycles.